The summed E-state index contributed by atoms with van der Waals surface area (Å²) in [4.78, 5) is 13.0. The smallest absolute Gasteiger partial charge is 0.193 e. The third-order valence-electron chi connectivity index (χ3n) is 4.28. The SMILES string of the molecule is Cc1ccc(-c2cc(C)c(C)cc2C(=O)c2ccccc2)cc1. The van der Waals surface area contributed by atoms with E-state index in [1.807, 2.05) is 36.4 Å². The molecule has 0 aliphatic heterocycles. The van der Waals surface area contributed by atoms with Crippen LogP contribution >= 0.6 is 0 Å². The van der Waals surface area contributed by atoms with E-state index in [2.05, 4.69) is 51.1 Å². The van der Waals surface area contributed by atoms with E-state index in [1.165, 1.54) is 11.1 Å². The van der Waals surface area contributed by atoms with Gasteiger partial charge >= 0.3 is 0 Å². The lowest BCUT2D eigenvalue weighted by Gasteiger charge is -2.13. The van der Waals surface area contributed by atoms with Crippen molar-refractivity contribution in [1.82, 2.24) is 0 Å². The Balaban J connectivity index is 2.18. The summed E-state index contributed by atoms with van der Waals surface area (Å²) in [5.41, 5.74) is 7.13. The monoisotopic (exact) mass is 300 g/mol. The molecule has 3 rings (SSSR count). The Morgan fingerprint density at radius 1 is 0.739 bits per heavy atom. The van der Waals surface area contributed by atoms with Crippen molar-refractivity contribution >= 4 is 5.78 Å². The van der Waals surface area contributed by atoms with Crippen molar-refractivity contribution in [3.05, 3.63) is 94.5 Å². The Morgan fingerprint density at radius 3 is 2.00 bits per heavy atom. The molecule has 0 bridgehead atoms. The molecular formula is C22H20O. The van der Waals surface area contributed by atoms with Gasteiger partial charge in [0, 0.05) is 11.1 Å². The van der Waals surface area contributed by atoms with Crippen LogP contribution in [-0.4, -0.2) is 5.78 Å². The highest BCUT2D eigenvalue weighted by atomic mass is 16.1. The van der Waals surface area contributed by atoms with Crippen LogP contribution in [0.3, 0.4) is 0 Å². The molecule has 1 nitrogen and oxygen atoms in total. The maximum absolute atomic E-state index is 13.0. The van der Waals surface area contributed by atoms with Crippen LogP contribution in [0.15, 0.2) is 66.7 Å². The largest absolute Gasteiger partial charge is 0.289 e. The molecule has 0 aliphatic carbocycles. The maximum atomic E-state index is 13.0. The topological polar surface area (TPSA) is 17.1 Å². The lowest BCUT2D eigenvalue weighted by Crippen LogP contribution is -2.05. The summed E-state index contributed by atoms with van der Waals surface area (Å²) in [7, 11) is 0. The van der Waals surface area contributed by atoms with Gasteiger partial charge in [0.1, 0.15) is 0 Å². The number of benzene rings is 3. The second kappa shape index (κ2) is 6.21. The molecular weight excluding hydrogens is 280 g/mol. The number of aryl methyl sites for hydroxylation is 3. The Bertz CT molecular complexity index is 843. The molecule has 0 atom stereocenters. The lowest BCUT2D eigenvalue weighted by molar-refractivity contribution is 0.103. The van der Waals surface area contributed by atoms with Gasteiger partial charge in [-0.3, -0.25) is 4.79 Å². The second-order valence-corrected chi connectivity index (χ2v) is 6.04. The predicted octanol–water partition coefficient (Wildman–Crippen LogP) is 5.51. The van der Waals surface area contributed by atoms with E-state index >= 15 is 0 Å². The fourth-order valence-electron chi connectivity index (χ4n) is 2.72. The summed E-state index contributed by atoms with van der Waals surface area (Å²) in [5, 5.41) is 0. The Morgan fingerprint density at radius 2 is 1.35 bits per heavy atom. The highest BCUT2D eigenvalue weighted by molar-refractivity contribution is 6.13. The summed E-state index contributed by atoms with van der Waals surface area (Å²) < 4.78 is 0. The van der Waals surface area contributed by atoms with Gasteiger partial charge in [-0.1, -0.05) is 66.2 Å². The Hall–Kier alpha value is -2.67. The van der Waals surface area contributed by atoms with Crippen molar-refractivity contribution in [2.45, 2.75) is 20.8 Å². The van der Waals surface area contributed by atoms with Crippen LogP contribution < -0.4 is 0 Å². The quantitative estimate of drug-likeness (QED) is 0.583. The van der Waals surface area contributed by atoms with Gasteiger partial charge in [0.25, 0.3) is 0 Å². The van der Waals surface area contributed by atoms with Gasteiger partial charge in [0.2, 0.25) is 0 Å². The first-order chi connectivity index (χ1) is 11.1. The minimum absolute atomic E-state index is 0.0734. The highest BCUT2D eigenvalue weighted by Gasteiger charge is 2.16. The van der Waals surface area contributed by atoms with E-state index < -0.39 is 0 Å². The number of carbonyl (C=O) groups excluding carboxylic acids is 1. The fourth-order valence-corrected chi connectivity index (χ4v) is 2.72. The van der Waals surface area contributed by atoms with Crippen LogP contribution in [0.5, 0.6) is 0 Å². The van der Waals surface area contributed by atoms with Gasteiger partial charge in [-0.15, -0.1) is 0 Å². The minimum Gasteiger partial charge on any atom is -0.289 e. The highest BCUT2D eigenvalue weighted by Crippen LogP contribution is 2.29. The molecule has 3 aromatic carbocycles. The van der Waals surface area contributed by atoms with E-state index in [9.17, 15) is 4.79 Å². The average molecular weight is 300 g/mol. The van der Waals surface area contributed by atoms with Crippen molar-refractivity contribution in [3.8, 4) is 11.1 Å². The van der Waals surface area contributed by atoms with Crippen molar-refractivity contribution < 1.29 is 4.79 Å². The van der Waals surface area contributed by atoms with Crippen LogP contribution in [0, 0.1) is 20.8 Å². The third kappa shape index (κ3) is 3.09. The zero-order valence-electron chi connectivity index (χ0n) is 13.8. The fraction of sp³-hybridized carbons (Fsp3) is 0.136. The van der Waals surface area contributed by atoms with Gasteiger partial charge in [-0.2, -0.15) is 0 Å². The minimum atomic E-state index is 0.0734. The molecule has 0 aromatic heterocycles. The van der Waals surface area contributed by atoms with Gasteiger partial charge in [0.05, 0.1) is 0 Å². The molecule has 23 heavy (non-hydrogen) atoms. The molecule has 114 valence electrons. The predicted molar refractivity (Wildman–Crippen MR) is 96.0 cm³/mol. The molecule has 0 saturated heterocycles. The average Bonchev–Trinajstić information content (AvgIpc) is 2.58. The molecule has 0 radical (unpaired) electrons. The van der Waals surface area contributed by atoms with Crippen LogP contribution in [0.4, 0.5) is 0 Å². The van der Waals surface area contributed by atoms with Crippen molar-refractivity contribution in [1.29, 1.82) is 0 Å². The molecule has 0 amide bonds. The number of hydrogen-bond donors (Lipinski definition) is 0. The second-order valence-electron chi connectivity index (χ2n) is 6.04. The molecule has 0 saturated carbocycles. The third-order valence-corrected chi connectivity index (χ3v) is 4.28. The van der Waals surface area contributed by atoms with Crippen LogP contribution in [0.25, 0.3) is 11.1 Å². The first-order valence-corrected chi connectivity index (χ1v) is 7.84. The van der Waals surface area contributed by atoms with Crippen LogP contribution in [0.2, 0.25) is 0 Å². The Kier molecular flexibility index (Phi) is 4.12. The summed E-state index contributed by atoms with van der Waals surface area (Å²) in [5.74, 6) is 0.0734. The lowest BCUT2D eigenvalue weighted by atomic mass is 9.90. The number of carbonyl (C=O) groups is 1. The molecule has 0 spiro atoms. The maximum Gasteiger partial charge on any atom is 0.193 e. The Labute approximate surface area is 137 Å². The van der Waals surface area contributed by atoms with Crippen molar-refractivity contribution in [2.24, 2.45) is 0 Å². The van der Waals surface area contributed by atoms with Gasteiger partial charge < -0.3 is 0 Å². The number of ketones is 1. The normalized spacial score (nSPS) is 10.6. The van der Waals surface area contributed by atoms with E-state index in [0.29, 0.717) is 0 Å². The zero-order valence-corrected chi connectivity index (χ0v) is 13.8. The number of rotatable bonds is 3. The van der Waals surface area contributed by atoms with Gasteiger partial charge in [-0.25, -0.2) is 0 Å². The molecule has 1 heteroatoms. The van der Waals surface area contributed by atoms with E-state index in [-0.39, 0.29) is 5.78 Å². The molecule has 0 fully saturated rings. The summed E-state index contributed by atoms with van der Waals surface area (Å²) in [6, 6.07) is 22.0. The van der Waals surface area contributed by atoms with Gasteiger partial charge in [0.15, 0.2) is 5.78 Å². The molecule has 0 N–H and O–H groups in total. The van der Waals surface area contributed by atoms with Gasteiger partial charge in [-0.05, 0) is 49.1 Å². The first-order valence-electron chi connectivity index (χ1n) is 7.84. The summed E-state index contributed by atoms with van der Waals surface area (Å²) >= 11 is 0. The molecule has 0 heterocycles. The van der Waals surface area contributed by atoms with Crippen LogP contribution in [0.1, 0.15) is 32.6 Å². The van der Waals surface area contributed by atoms with E-state index in [0.717, 1.165) is 27.8 Å². The van der Waals surface area contributed by atoms with Crippen LogP contribution in [-0.2, 0) is 0 Å². The summed E-state index contributed by atoms with van der Waals surface area (Å²) in [6.45, 7) is 6.21. The zero-order chi connectivity index (χ0) is 16.4. The molecule has 3 aromatic rings. The number of hydrogen-bond acceptors (Lipinski definition) is 1. The molecule has 0 unspecified atom stereocenters. The summed E-state index contributed by atoms with van der Waals surface area (Å²) in [6.07, 6.45) is 0. The van der Waals surface area contributed by atoms with Crippen molar-refractivity contribution in [2.75, 3.05) is 0 Å². The molecule has 0 aliphatic rings. The van der Waals surface area contributed by atoms with E-state index in [4.69, 9.17) is 0 Å². The first kappa shape index (κ1) is 15.2. The van der Waals surface area contributed by atoms with Crippen molar-refractivity contribution in [3.63, 3.8) is 0 Å². The van der Waals surface area contributed by atoms with E-state index in [1.54, 1.807) is 0 Å². The standard InChI is InChI=1S/C22H20O/c1-15-9-11-18(12-10-15)20-13-16(2)17(3)14-21(20)22(23)19-7-5-4-6-8-19/h4-14H,1-3H3.